The van der Waals surface area contributed by atoms with Crippen molar-refractivity contribution in [2.45, 2.75) is 20.8 Å². The Morgan fingerprint density at radius 1 is 1.29 bits per heavy atom. The van der Waals surface area contributed by atoms with Gasteiger partial charge in [-0.15, -0.1) is 11.3 Å². The van der Waals surface area contributed by atoms with Crippen LogP contribution in [0.1, 0.15) is 28.5 Å². The van der Waals surface area contributed by atoms with E-state index in [1.165, 1.54) is 11.3 Å². The van der Waals surface area contributed by atoms with Crippen LogP contribution in [0.5, 0.6) is 0 Å². The molecule has 2 aromatic heterocycles. The molecule has 6 heteroatoms. The summed E-state index contributed by atoms with van der Waals surface area (Å²) in [4.78, 5) is 20.0. The first kappa shape index (κ1) is 16.3. The SMILES string of the molecule is CCOC(=O)c1c(C)[nH]c(-c2csc(Nc3ccccc3)n2)c1C. The molecule has 0 saturated carbocycles. The number of carbonyl (C=O) groups excluding carboxylic acids is 1. The van der Waals surface area contributed by atoms with Crippen LogP contribution in [-0.2, 0) is 4.74 Å². The number of aromatic amines is 1. The Bertz CT molecular complexity index is 853. The highest BCUT2D eigenvalue weighted by atomic mass is 32.1. The van der Waals surface area contributed by atoms with Gasteiger partial charge in [0.1, 0.15) is 5.69 Å². The molecule has 3 rings (SSSR count). The molecule has 2 heterocycles. The molecule has 124 valence electrons. The Morgan fingerprint density at radius 2 is 2.04 bits per heavy atom. The minimum Gasteiger partial charge on any atom is -0.462 e. The molecule has 0 bridgehead atoms. The van der Waals surface area contributed by atoms with E-state index in [4.69, 9.17) is 4.74 Å². The first-order valence-corrected chi connectivity index (χ1v) is 8.62. The first-order valence-electron chi connectivity index (χ1n) is 7.74. The second kappa shape index (κ2) is 6.88. The third-order valence-corrected chi connectivity index (χ3v) is 4.46. The Kier molecular flexibility index (Phi) is 4.66. The van der Waals surface area contributed by atoms with Crippen LogP contribution in [0.3, 0.4) is 0 Å². The van der Waals surface area contributed by atoms with Crippen LogP contribution >= 0.6 is 11.3 Å². The Morgan fingerprint density at radius 3 is 2.75 bits per heavy atom. The number of thiazole rings is 1. The van der Waals surface area contributed by atoms with Crippen molar-refractivity contribution in [3.8, 4) is 11.4 Å². The summed E-state index contributed by atoms with van der Waals surface area (Å²) in [6.07, 6.45) is 0. The molecule has 0 aliphatic heterocycles. The lowest BCUT2D eigenvalue weighted by Gasteiger charge is -2.02. The molecule has 0 fully saturated rings. The number of rotatable bonds is 5. The average Bonchev–Trinajstić information content (AvgIpc) is 3.13. The summed E-state index contributed by atoms with van der Waals surface area (Å²) in [6.45, 7) is 5.95. The molecule has 5 nitrogen and oxygen atoms in total. The Hall–Kier alpha value is -2.60. The summed E-state index contributed by atoms with van der Waals surface area (Å²) in [5, 5.41) is 6.06. The van der Waals surface area contributed by atoms with Crippen LogP contribution in [0.4, 0.5) is 10.8 Å². The van der Waals surface area contributed by atoms with E-state index < -0.39 is 0 Å². The van der Waals surface area contributed by atoms with E-state index in [1.807, 2.05) is 49.6 Å². The van der Waals surface area contributed by atoms with Crippen LogP contribution in [0.25, 0.3) is 11.4 Å². The van der Waals surface area contributed by atoms with Crippen molar-refractivity contribution in [2.24, 2.45) is 0 Å². The van der Waals surface area contributed by atoms with Gasteiger partial charge in [-0.2, -0.15) is 0 Å². The summed E-state index contributed by atoms with van der Waals surface area (Å²) in [5.74, 6) is -0.298. The quantitative estimate of drug-likeness (QED) is 0.662. The molecule has 0 atom stereocenters. The van der Waals surface area contributed by atoms with Crippen molar-refractivity contribution < 1.29 is 9.53 Å². The molecule has 0 amide bonds. The lowest BCUT2D eigenvalue weighted by Crippen LogP contribution is -2.06. The predicted molar refractivity (Wildman–Crippen MR) is 97.1 cm³/mol. The highest BCUT2D eigenvalue weighted by Gasteiger charge is 2.21. The molecule has 0 radical (unpaired) electrons. The van der Waals surface area contributed by atoms with Gasteiger partial charge in [-0.25, -0.2) is 9.78 Å². The van der Waals surface area contributed by atoms with Crippen LogP contribution in [0.15, 0.2) is 35.7 Å². The molecular weight excluding hydrogens is 322 g/mol. The number of hydrogen-bond acceptors (Lipinski definition) is 5. The number of ether oxygens (including phenoxy) is 1. The summed E-state index contributed by atoms with van der Waals surface area (Å²) in [6, 6.07) is 9.90. The van der Waals surface area contributed by atoms with Crippen LogP contribution in [-0.4, -0.2) is 22.5 Å². The van der Waals surface area contributed by atoms with Gasteiger partial charge in [0.15, 0.2) is 5.13 Å². The minimum atomic E-state index is -0.298. The van der Waals surface area contributed by atoms with Crippen molar-refractivity contribution >= 4 is 28.1 Å². The second-order valence-corrected chi connectivity index (χ2v) is 6.23. The van der Waals surface area contributed by atoms with Crippen LogP contribution in [0.2, 0.25) is 0 Å². The number of hydrogen-bond donors (Lipinski definition) is 2. The number of H-pyrrole nitrogens is 1. The van der Waals surface area contributed by atoms with Gasteiger partial charge in [-0.05, 0) is 38.5 Å². The van der Waals surface area contributed by atoms with Crippen LogP contribution in [0, 0.1) is 13.8 Å². The van der Waals surface area contributed by atoms with Crippen LogP contribution < -0.4 is 5.32 Å². The third kappa shape index (κ3) is 3.19. The maximum atomic E-state index is 12.1. The normalized spacial score (nSPS) is 10.6. The molecule has 2 N–H and O–H groups in total. The largest absolute Gasteiger partial charge is 0.462 e. The van der Waals surface area contributed by atoms with E-state index in [0.717, 1.165) is 33.5 Å². The number of esters is 1. The fourth-order valence-corrected chi connectivity index (χ4v) is 3.33. The molecule has 0 saturated heterocycles. The number of nitrogens with zero attached hydrogens (tertiary/aromatic N) is 1. The number of aryl methyl sites for hydroxylation is 1. The highest BCUT2D eigenvalue weighted by molar-refractivity contribution is 7.14. The Labute approximate surface area is 144 Å². The summed E-state index contributed by atoms with van der Waals surface area (Å²) in [7, 11) is 0. The van der Waals surface area contributed by atoms with Crippen molar-refractivity contribution in [1.29, 1.82) is 0 Å². The van der Waals surface area contributed by atoms with E-state index in [9.17, 15) is 4.79 Å². The van der Waals surface area contributed by atoms with Gasteiger partial charge in [-0.1, -0.05) is 18.2 Å². The molecule has 3 aromatic rings. The maximum Gasteiger partial charge on any atom is 0.340 e. The zero-order chi connectivity index (χ0) is 17.1. The van der Waals surface area contributed by atoms with Gasteiger partial charge in [-0.3, -0.25) is 0 Å². The lowest BCUT2D eigenvalue weighted by atomic mass is 10.1. The fourth-order valence-electron chi connectivity index (χ4n) is 2.61. The molecule has 0 unspecified atom stereocenters. The highest BCUT2D eigenvalue weighted by Crippen LogP contribution is 2.31. The molecule has 0 spiro atoms. The van der Waals surface area contributed by atoms with Gasteiger partial charge >= 0.3 is 5.97 Å². The van der Waals surface area contributed by atoms with E-state index in [1.54, 1.807) is 6.92 Å². The van der Waals surface area contributed by atoms with Gasteiger partial charge in [0, 0.05) is 16.8 Å². The number of benzene rings is 1. The van der Waals surface area contributed by atoms with Crippen molar-refractivity contribution in [2.75, 3.05) is 11.9 Å². The fraction of sp³-hybridized carbons (Fsp3) is 0.222. The number of anilines is 2. The standard InChI is InChI=1S/C18H19N3O2S/c1-4-23-17(22)15-11(2)16(19-12(15)3)14-10-24-18(21-14)20-13-8-6-5-7-9-13/h5-10,19H,4H2,1-3H3,(H,20,21). The second-order valence-electron chi connectivity index (χ2n) is 5.37. The summed E-state index contributed by atoms with van der Waals surface area (Å²) >= 11 is 1.52. The van der Waals surface area contributed by atoms with E-state index >= 15 is 0 Å². The number of aromatic nitrogens is 2. The third-order valence-electron chi connectivity index (χ3n) is 3.70. The van der Waals surface area contributed by atoms with E-state index in [-0.39, 0.29) is 5.97 Å². The minimum absolute atomic E-state index is 0.298. The monoisotopic (exact) mass is 341 g/mol. The molecule has 0 aliphatic carbocycles. The van der Waals surface area contributed by atoms with Gasteiger partial charge in [0.25, 0.3) is 0 Å². The van der Waals surface area contributed by atoms with Gasteiger partial charge < -0.3 is 15.0 Å². The molecule has 24 heavy (non-hydrogen) atoms. The zero-order valence-electron chi connectivity index (χ0n) is 13.8. The Balaban J connectivity index is 1.88. The summed E-state index contributed by atoms with van der Waals surface area (Å²) < 4.78 is 5.13. The number of carbonyl (C=O) groups is 1. The smallest absolute Gasteiger partial charge is 0.340 e. The predicted octanol–water partition coefficient (Wildman–Crippen LogP) is 4.68. The van der Waals surface area contributed by atoms with Crippen molar-refractivity contribution in [3.05, 3.63) is 52.5 Å². The first-order chi connectivity index (χ1) is 11.6. The van der Waals surface area contributed by atoms with Gasteiger partial charge in [0.05, 0.1) is 17.9 Å². The molecule has 0 aliphatic rings. The molecular formula is C18H19N3O2S. The van der Waals surface area contributed by atoms with Crippen molar-refractivity contribution in [3.63, 3.8) is 0 Å². The maximum absolute atomic E-state index is 12.1. The van der Waals surface area contributed by atoms with E-state index in [2.05, 4.69) is 15.3 Å². The lowest BCUT2D eigenvalue weighted by molar-refractivity contribution is 0.0525. The average molecular weight is 341 g/mol. The molecule has 1 aromatic carbocycles. The van der Waals surface area contributed by atoms with Crippen molar-refractivity contribution in [1.82, 2.24) is 9.97 Å². The number of nitrogens with one attached hydrogen (secondary N) is 2. The van der Waals surface area contributed by atoms with E-state index in [0.29, 0.717) is 12.2 Å². The topological polar surface area (TPSA) is 67.0 Å². The van der Waals surface area contributed by atoms with Gasteiger partial charge in [0.2, 0.25) is 0 Å². The summed E-state index contributed by atoms with van der Waals surface area (Å²) in [5.41, 5.74) is 4.92. The number of para-hydroxylation sites is 1. The zero-order valence-corrected chi connectivity index (χ0v) is 14.7.